The number of amidine groups is 1. The number of alkyl halides is 3. The number of nitrogens with zero attached hydrogens (tertiary/aromatic N) is 1. The van der Waals surface area contributed by atoms with Crippen molar-refractivity contribution in [2.45, 2.75) is 12.6 Å². The molecule has 0 atom stereocenters. The van der Waals surface area contributed by atoms with Crippen molar-refractivity contribution in [2.24, 2.45) is 10.9 Å². The number of benzene rings is 1. The molecule has 0 aromatic heterocycles. The predicted octanol–water partition coefficient (Wildman–Crippen LogP) is 2.11. The van der Waals surface area contributed by atoms with Crippen LogP contribution in [0.1, 0.15) is 12.0 Å². The molecule has 17 heavy (non-hydrogen) atoms. The molecule has 1 aromatic carbocycles. The molecular formula is C10H11F3N2O2. The zero-order valence-corrected chi connectivity index (χ0v) is 8.74. The smallest absolute Gasteiger partial charge is 0.392 e. The molecule has 0 fully saturated rings. The molecule has 0 aliphatic rings. The second kappa shape index (κ2) is 5.42. The van der Waals surface area contributed by atoms with Crippen LogP contribution in [0.4, 0.5) is 13.2 Å². The van der Waals surface area contributed by atoms with Crippen LogP contribution in [0, 0.1) is 0 Å². The van der Waals surface area contributed by atoms with Gasteiger partial charge in [0.1, 0.15) is 5.75 Å². The molecule has 0 radical (unpaired) electrons. The highest BCUT2D eigenvalue weighted by Crippen LogP contribution is 2.20. The normalized spacial score (nSPS) is 12.5. The van der Waals surface area contributed by atoms with Crippen molar-refractivity contribution in [3.8, 4) is 5.75 Å². The average molecular weight is 248 g/mol. The van der Waals surface area contributed by atoms with Crippen LogP contribution in [0.15, 0.2) is 29.4 Å². The van der Waals surface area contributed by atoms with E-state index in [0.29, 0.717) is 11.3 Å². The molecule has 3 N–H and O–H groups in total. The van der Waals surface area contributed by atoms with E-state index in [1.807, 2.05) is 0 Å². The van der Waals surface area contributed by atoms with Crippen molar-refractivity contribution in [1.82, 2.24) is 0 Å². The van der Waals surface area contributed by atoms with E-state index in [2.05, 4.69) is 5.16 Å². The topological polar surface area (TPSA) is 67.8 Å². The molecule has 0 bridgehead atoms. The van der Waals surface area contributed by atoms with Gasteiger partial charge in [0, 0.05) is 5.56 Å². The third-order valence-corrected chi connectivity index (χ3v) is 1.91. The standard InChI is InChI=1S/C10H11F3N2O2/c11-10(12,13)5-6-17-8-3-1-7(2-4-8)9(14)15-16/h1-4,16H,5-6H2,(H2,14,15). The Morgan fingerprint density at radius 3 is 2.35 bits per heavy atom. The second-order valence-electron chi connectivity index (χ2n) is 3.22. The lowest BCUT2D eigenvalue weighted by molar-refractivity contribution is -0.139. The number of hydrogen-bond acceptors (Lipinski definition) is 3. The summed E-state index contributed by atoms with van der Waals surface area (Å²) in [4.78, 5) is 0. The van der Waals surface area contributed by atoms with Crippen LogP contribution in [0.3, 0.4) is 0 Å². The molecular weight excluding hydrogens is 237 g/mol. The van der Waals surface area contributed by atoms with Crippen LogP contribution in [0.5, 0.6) is 5.75 Å². The first-order valence-electron chi connectivity index (χ1n) is 4.70. The zero-order chi connectivity index (χ0) is 12.9. The summed E-state index contributed by atoms with van der Waals surface area (Å²) in [5, 5.41) is 11.2. The Balaban J connectivity index is 2.52. The Morgan fingerprint density at radius 1 is 1.29 bits per heavy atom. The summed E-state index contributed by atoms with van der Waals surface area (Å²) in [6.07, 6.45) is -5.23. The van der Waals surface area contributed by atoms with E-state index in [1.165, 1.54) is 24.3 Å². The van der Waals surface area contributed by atoms with Crippen LogP contribution in [0.2, 0.25) is 0 Å². The third kappa shape index (κ3) is 4.62. The van der Waals surface area contributed by atoms with Gasteiger partial charge >= 0.3 is 6.18 Å². The van der Waals surface area contributed by atoms with Gasteiger partial charge in [0.2, 0.25) is 0 Å². The first-order valence-corrected chi connectivity index (χ1v) is 4.70. The Hall–Kier alpha value is -1.92. The van der Waals surface area contributed by atoms with Crippen LogP contribution in [0.25, 0.3) is 0 Å². The molecule has 0 heterocycles. The number of ether oxygens (including phenoxy) is 1. The van der Waals surface area contributed by atoms with Gasteiger partial charge in [-0.2, -0.15) is 13.2 Å². The van der Waals surface area contributed by atoms with Gasteiger partial charge in [0.05, 0.1) is 13.0 Å². The minimum absolute atomic E-state index is 0.0770. The molecule has 1 rings (SSSR count). The van der Waals surface area contributed by atoms with Crippen LogP contribution in [-0.2, 0) is 0 Å². The quantitative estimate of drug-likeness (QED) is 0.371. The SMILES string of the molecule is NC(=NO)c1ccc(OCCC(F)(F)F)cc1. The molecule has 0 saturated carbocycles. The maximum Gasteiger partial charge on any atom is 0.392 e. The molecule has 0 aliphatic heterocycles. The molecule has 7 heteroatoms. The molecule has 0 saturated heterocycles. The largest absolute Gasteiger partial charge is 0.493 e. The summed E-state index contributed by atoms with van der Waals surface area (Å²) < 4.78 is 40.4. The predicted molar refractivity (Wildman–Crippen MR) is 55.1 cm³/mol. The van der Waals surface area contributed by atoms with Crippen LogP contribution < -0.4 is 10.5 Å². The van der Waals surface area contributed by atoms with Gasteiger partial charge in [-0.3, -0.25) is 0 Å². The highest BCUT2D eigenvalue weighted by Gasteiger charge is 2.26. The molecule has 0 spiro atoms. The van der Waals surface area contributed by atoms with E-state index in [0.717, 1.165) is 0 Å². The van der Waals surface area contributed by atoms with E-state index in [-0.39, 0.29) is 5.84 Å². The Kier molecular flexibility index (Phi) is 4.19. The second-order valence-corrected chi connectivity index (χ2v) is 3.22. The lowest BCUT2D eigenvalue weighted by Crippen LogP contribution is -2.14. The first-order chi connectivity index (χ1) is 7.92. The van der Waals surface area contributed by atoms with Gasteiger partial charge in [-0.05, 0) is 24.3 Å². The van der Waals surface area contributed by atoms with Crippen molar-refractivity contribution < 1.29 is 23.1 Å². The van der Waals surface area contributed by atoms with Gasteiger partial charge in [0.15, 0.2) is 5.84 Å². The van der Waals surface area contributed by atoms with E-state index < -0.39 is 19.2 Å². The van der Waals surface area contributed by atoms with Gasteiger partial charge in [0.25, 0.3) is 0 Å². The molecule has 0 aliphatic carbocycles. The Bertz CT molecular complexity index is 388. The number of rotatable bonds is 4. The fraction of sp³-hybridized carbons (Fsp3) is 0.300. The lowest BCUT2D eigenvalue weighted by Gasteiger charge is -2.08. The summed E-state index contributed by atoms with van der Waals surface area (Å²) in [7, 11) is 0. The summed E-state index contributed by atoms with van der Waals surface area (Å²) >= 11 is 0. The molecule has 4 nitrogen and oxygen atoms in total. The van der Waals surface area contributed by atoms with E-state index in [1.54, 1.807) is 0 Å². The number of nitrogens with two attached hydrogens (primary N) is 1. The number of oxime groups is 1. The summed E-state index contributed by atoms with van der Waals surface area (Å²) in [5.74, 6) is 0.218. The zero-order valence-electron chi connectivity index (χ0n) is 8.74. The fourth-order valence-corrected chi connectivity index (χ4v) is 1.06. The first kappa shape index (κ1) is 13.1. The fourth-order valence-electron chi connectivity index (χ4n) is 1.06. The Morgan fingerprint density at radius 2 is 1.88 bits per heavy atom. The maximum atomic E-state index is 11.8. The summed E-state index contributed by atoms with van der Waals surface area (Å²) in [6, 6.07) is 5.86. The van der Waals surface area contributed by atoms with E-state index >= 15 is 0 Å². The average Bonchev–Trinajstić information content (AvgIpc) is 2.27. The van der Waals surface area contributed by atoms with Crippen LogP contribution >= 0.6 is 0 Å². The van der Waals surface area contributed by atoms with Crippen molar-refractivity contribution in [2.75, 3.05) is 6.61 Å². The summed E-state index contributed by atoms with van der Waals surface area (Å²) in [5.41, 5.74) is 5.77. The van der Waals surface area contributed by atoms with E-state index in [9.17, 15) is 13.2 Å². The van der Waals surface area contributed by atoms with Gasteiger partial charge in [-0.1, -0.05) is 5.16 Å². The summed E-state index contributed by atoms with van der Waals surface area (Å²) in [6.45, 7) is -0.438. The highest BCUT2D eigenvalue weighted by molar-refractivity contribution is 5.97. The van der Waals surface area contributed by atoms with Gasteiger partial charge in [-0.15, -0.1) is 0 Å². The molecule has 94 valence electrons. The van der Waals surface area contributed by atoms with Gasteiger partial charge < -0.3 is 15.7 Å². The molecule has 0 unspecified atom stereocenters. The minimum atomic E-state index is -4.23. The molecule has 1 aromatic rings. The lowest BCUT2D eigenvalue weighted by atomic mass is 10.2. The Labute approximate surface area is 95.5 Å². The van der Waals surface area contributed by atoms with Gasteiger partial charge in [-0.25, -0.2) is 0 Å². The molecule has 0 amide bonds. The van der Waals surface area contributed by atoms with Crippen LogP contribution in [-0.4, -0.2) is 23.8 Å². The highest BCUT2D eigenvalue weighted by atomic mass is 19.4. The monoisotopic (exact) mass is 248 g/mol. The minimum Gasteiger partial charge on any atom is -0.493 e. The van der Waals surface area contributed by atoms with E-state index in [4.69, 9.17) is 15.7 Å². The van der Waals surface area contributed by atoms with Crippen molar-refractivity contribution in [3.05, 3.63) is 29.8 Å². The third-order valence-electron chi connectivity index (χ3n) is 1.91. The van der Waals surface area contributed by atoms with Crippen molar-refractivity contribution >= 4 is 5.84 Å². The van der Waals surface area contributed by atoms with Crippen molar-refractivity contribution in [1.29, 1.82) is 0 Å². The van der Waals surface area contributed by atoms with Crippen molar-refractivity contribution in [3.63, 3.8) is 0 Å². The maximum absolute atomic E-state index is 11.8. The number of hydrogen-bond donors (Lipinski definition) is 2. The number of halogens is 3.